The van der Waals surface area contributed by atoms with Crippen molar-refractivity contribution < 1.29 is 22.7 Å². The van der Waals surface area contributed by atoms with E-state index in [1.165, 1.54) is 43.5 Å². The number of sulfonamides is 1. The van der Waals surface area contributed by atoms with Crippen LogP contribution in [-0.2, 0) is 14.8 Å². The third-order valence-electron chi connectivity index (χ3n) is 3.37. The topological polar surface area (TPSA) is 102 Å². The van der Waals surface area contributed by atoms with E-state index >= 15 is 0 Å². The molecule has 0 spiro atoms. The van der Waals surface area contributed by atoms with Crippen LogP contribution in [0, 0.1) is 0 Å². The summed E-state index contributed by atoms with van der Waals surface area (Å²) in [6.07, 6.45) is 1.42. The quantitative estimate of drug-likeness (QED) is 0.571. The number of ether oxygens (including phenoxy) is 1. The smallest absolute Gasteiger partial charge is 0.337 e. The van der Waals surface area contributed by atoms with Gasteiger partial charge in [0.25, 0.3) is 5.91 Å². The number of rotatable bonds is 7. The molecule has 0 radical (unpaired) electrons. The van der Waals surface area contributed by atoms with E-state index in [4.69, 9.17) is 0 Å². The highest BCUT2D eigenvalue weighted by molar-refractivity contribution is 7.89. The average Bonchev–Trinajstić information content (AvgIpc) is 2.66. The van der Waals surface area contributed by atoms with Gasteiger partial charge in [-0.05, 0) is 36.4 Å². The van der Waals surface area contributed by atoms with Gasteiger partial charge in [0.1, 0.15) is 0 Å². The van der Waals surface area contributed by atoms with Crippen molar-refractivity contribution in [2.75, 3.05) is 19.0 Å². The lowest BCUT2D eigenvalue weighted by atomic mass is 10.1. The summed E-state index contributed by atoms with van der Waals surface area (Å²) in [6.45, 7) is 3.53. The van der Waals surface area contributed by atoms with Gasteiger partial charge in [0, 0.05) is 17.8 Å². The van der Waals surface area contributed by atoms with E-state index in [9.17, 15) is 18.0 Å². The third-order valence-corrected chi connectivity index (χ3v) is 4.79. The summed E-state index contributed by atoms with van der Waals surface area (Å²) in [4.78, 5) is 23.9. The summed E-state index contributed by atoms with van der Waals surface area (Å²) in [7, 11) is -2.47. The fourth-order valence-electron chi connectivity index (χ4n) is 2.10. The van der Waals surface area contributed by atoms with E-state index in [1.54, 1.807) is 18.2 Å². The summed E-state index contributed by atoms with van der Waals surface area (Å²) in [5.74, 6) is -1.03. The first-order valence-corrected chi connectivity index (χ1v) is 9.06. The molecule has 136 valence electrons. The highest BCUT2D eigenvalue weighted by Crippen LogP contribution is 2.15. The van der Waals surface area contributed by atoms with Crippen LogP contribution in [0.2, 0.25) is 0 Å². The molecule has 1 amide bonds. The van der Waals surface area contributed by atoms with Gasteiger partial charge in [-0.3, -0.25) is 4.79 Å². The Bertz CT molecular complexity index is 938. The molecule has 0 aliphatic heterocycles. The molecule has 8 heteroatoms. The standard InChI is InChI=1S/C18H18N2O5S/c1-3-10-19-26(23,24)16-9-5-6-13(12-16)17(21)20-15-8-4-7-14(11-15)18(22)25-2/h3-9,11-12,19H,1,10H2,2H3,(H,20,21). The van der Waals surface area contributed by atoms with Crippen molar-refractivity contribution in [3.05, 3.63) is 72.3 Å². The van der Waals surface area contributed by atoms with Crippen molar-refractivity contribution in [1.29, 1.82) is 0 Å². The Labute approximate surface area is 151 Å². The fraction of sp³-hybridized carbons (Fsp3) is 0.111. The molecule has 0 aromatic heterocycles. The molecule has 0 saturated heterocycles. The van der Waals surface area contributed by atoms with Crippen molar-refractivity contribution in [3.63, 3.8) is 0 Å². The summed E-state index contributed by atoms with van der Waals surface area (Å²) in [5.41, 5.74) is 0.834. The number of amides is 1. The van der Waals surface area contributed by atoms with Gasteiger partial charge < -0.3 is 10.1 Å². The maximum Gasteiger partial charge on any atom is 0.337 e. The Hall–Kier alpha value is -2.97. The van der Waals surface area contributed by atoms with Crippen molar-refractivity contribution in [2.24, 2.45) is 0 Å². The molecule has 0 saturated carbocycles. The van der Waals surface area contributed by atoms with Gasteiger partial charge >= 0.3 is 5.97 Å². The predicted molar refractivity (Wildman–Crippen MR) is 97.6 cm³/mol. The predicted octanol–water partition coefficient (Wildman–Crippen LogP) is 2.19. The molecular formula is C18H18N2O5S. The van der Waals surface area contributed by atoms with E-state index in [1.807, 2.05) is 0 Å². The van der Waals surface area contributed by atoms with Crippen LogP contribution in [0.25, 0.3) is 0 Å². The maximum absolute atomic E-state index is 12.4. The van der Waals surface area contributed by atoms with Crippen LogP contribution in [-0.4, -0.2) is 33.9 Å². The highest BCUT2D eigenvalue weighted by atomic mass is 32.2. The number of hydrogen-bond acceptors (Lipinski definition) is 5. The molecule has 0 fully saturated rings. The van der Waals surface area contributed by atoms with Gasteiger partial charge in [-0.25, -0.2) is 17.9 Å². The molecule has 2 aromatic rings. The zero-order valence-corrected chi connectivity index (χ0v) is 14.9. The second kappa shape index (κ2) is 8.41. The molecule has 2 rings (SSSR count). The fourth-order valence-corrected chi connectivity index (χ4v) is 3.15. The number of methoxy groups -OCH3 is 1. The Balaban J connectivity index is 2.22. The third kappa shape index (κ3) is 4.78. The lowest BCUT2D eigenvalue weighted by Crippen LogP contribution is -2.24. The number of nitrogens with one attached hydrogen (secondary N) is 2. The minimum absolute atomic E-state index is 0.0321. The molecule has 0 aliphatic rings. The molecule has 2 aromatic carbocycles. The second-order valence-electron chi connectivity index (χ2n) is 5.19. The van der Waals surface area contributed by atoms with E-state index < -0.39 is 21.9 Å². The summed E-state index contributed by atoms with van der Waals surface area (Å²) >= 11 is 0. The van der Waals surface area contributed by atoms with Gasteiger partial charge in [0.15, 0.2) is 0 Å². The van der Waals surface area contributed by atoms with Crippen molar-refractivity contribution in [1.82, 2.24) is 4.72 Å². The zero-order valence-electron chi connectivity index (χ0n) is 14.1. The molecule has 2 N–H and O–H groups in total. The monoisotopic (exact) mass is 374 g/mol. The molecule has 0 bridgehead atoms. The van der Waals surface area contributed by atoms with Crippen LogP contribution >= 0.6 is 0 Å². The summed E-state index contributed by atoms with van der Waals surface area (Å²) in [5, 5.41) is 2.62. The van der Waals surface area contributed by atoms with Gasteiger partial charge in [0.2, 0.25) is 10.0 Å². The van der Waals surface area contributed by atoms with Crippen LogP contribution in [0.5, 0.6) is 0 Å². The number of benzene rings is 2. The van der Waals surface area contributed by atoms with E-state index in [0.29, 0.717) is 5.69 Å². The SMILES string of the molecule is C=CCNS(=O)(=O)c1cccc(C(=O)Nc2cccc(C(=O)OC)c2)c1. The Morgan fingerprint density at radius 3 is 2.50 bits per heavy atom. The molecule has 7 nitrogen and oxygen atoms in total. The number of anilines is 1. The largest absolute Gasteiger partial charge is 0.465 e. The molecule has 26 heavy (non-hydrogen) atoms. The lowest BCUT2D eigenvalue weighted by molar-refractivity contribution is 0.0600. The Kier molecular flexibility index (Phi) is 6.26. The second-order valence-corrected chi connectivity index (χ2v) is 6.96. The van der Waals surface area contributed by atoms with Gasteiger partial charge in [-0.1, -0.05) is 18.2 Å². The van der Waals surface area contributed by atoms with Gasteiger partial charge in [-0.2, -0.15) is 0 Å². The first-order chi connectivity index (χ1) is 12.4. The van der Waals surface area contributed by atoms with Crippen LogP contribution in [0.4, 0.5) is 5.69 Å². The number of carbonyl (C=O) groups excluding carboxylic acids is 2. The van der Waals surface area contributed by atoms with Crippen LogP contribution < -0.4 is 10.0 Å². The average molecular weight is 374 g/mol. The number of esters is 1. The number of carbonyl (C=O) groups is 2. The molecule has 0 atom stereocenters. The normalized spacial score (nSPS) is 10.8. The molecule has 0 aliphatic carbocycles. The van der Waals surface area contributed by atoms with E-state index in [2.05, 4.69) is 21.4 Å². The minimum Gasteiger partial charge on any atom is -0.465 e. The molecule has 0 heterocycles. The van der Waals surface area contributed by atoms with Crippen molar-refractivity contribution in [3.8, 4) is 0 Å². The van der Waals surface area contributed by atoms with E-state index in [-0.39, 0.29) is 22.6 Å². The van der Waals surface area contributed by atoms with Crippen LogP contribution in [0.3, 0.4) is 0 Å². The summed E-state index contributed by atoms with van der Waals surface area (Å²) in [6, 6.07) is 11.9. The molecular weight excluding hydrogens is 356 g/mol. The molecule has 0 unspecified atom stereocenters. The van der Waals surface area contributed by atoms with Crippen LogP contribution in [0.15, 0.2) is 66.1 Å². The Morgan fingerprint density at radius 1 is 1.12 bits per heavy atom. The first kappa shape index (κ1) is 19.4. The van der Waals surface area contributed by atoms with Crippen LogP contribution in [0.1, 0.15) is 20.7 Å². The lowest BCUT2D eigenvalue weighted by Gasteiger charge is -2.09. The highest BCUT2D eigenvalue weighted by Gasteiger charge is 2.16. The van der Waals surface area contributed by atoms with Crippen molar-refractivity contribution in [2.45, 2.75) is 4.90 Å². The first-order valence-electron chi connectivity index (χ1n) is 7.57. The Morgan fingerprint density at radius 2 is 1.81 bits per heavy atom. The van der Waals surface area contributed by atoms with Gasteiger partial charge in [0.05, 0.1) is 17.6 Å². The zero-order chi connectivity index (χ0) is 19.2. The maximum atomic E-state index is 12.4. The van der Waals surface area contributed by atoms with Gasteiger partial charge in [-0.15, -0.1) is 6.58 Å². The van der Waals surface area contributed by atoms with E-state index in [0.717, 1.165) is 0 Å². The number of hydrogen-bond donors (Lipinski definition) is 2. The summed E-state index contributed by atoms with van der Waals surface area (Å²) < 4.78 is 31.2. The minimum atomic E-state index is -3.74. The van der Waals surface area contributed by atoms with Crippen molar-refractivity contribution >= 4 is 27.6 Å².